The molecular weight excluding hydrogens is 460 g/mol. The Morgan fingerprint density at radius 3 is 2.56 bits per heavy atom. The third-order valence-corrected chi connectivity index (χ3v) is 5.31. The van der Waals surface area contributed by atoms with Crippen LogP contribution in [0.2, 0.25) is 0 Å². The summed E-state index contributed by atoms with van der Waals surface area (Å²) >= 11 is 0. The van der Waals surface area contributed by atoms with Crippen molar-refractivity contribution in [3.63, 3.8) is 0 Å². The van der Waals surface area contributed by atoms with Gasteiger partial charge in [-0.3, -0.25) is 4.79 Å². The Labute approximate surface area is 209 Å². The maximum atomic E-state index is 11.0. The van der Waals surface area contributed by atoms with Crippen molar-refractivity contribution in [1.82, 2.24) is 15.0 Å². The molecular formula is C25H30N8O3. The number of aromatic nitrogens is 3. The van der Waals surface area contributed by atoms with E-state index in [1.165, 1.54) is 6.42 Å². The first-order valence-corrected chi connectivity index (χ1v) is 11.9. The molecule has 0 spiro atoms. The number of carbonyl (C=O) groups excluding carboxylic acids is 1. The Morgan fingerprint density at radius 2 is 1.81 bits per heavy atom. The molecule has 188 valence electrons. The quantitative estimate of drug-likeness (QED) is 0.273. The molecule has 1 aliphatic rings. The third-order valence-electron chi connectivity index (χ3n) is 5.31. The first-order valence-electron chi connectivity index (χ1n) is 11.9. The van der Waals surface area contributed by atoms with E-state index in [2.05, 4.69) is 35.7 Å². The summed E-state index contributed by atoms with van der Waals surface area (Å²) < 4.78 is 11.0. The smallest absolute Gasteiger partial charge is 0.255 e. The van der Waals surface area contributed by atoms with Crippen molar-refractivity contribution in [1.29, 1.82) is 0 Å². The van der Waals surface area contributed by atoms with Crippen molar-refractivity contribution < 1.29 is 14.3 Å². The van der Waals surface area contributed by atoms with Gasteiger partial charge in [0.25, 0.3) is 5.91 Å². The monoisotopic (exact) mass is 490 g/mol. The molecule has 11 heteroatoms. The van der Waals surface area contributed by atoms with Gasteiger partial charge in [-0.15, -0.1) is 0 Å². The fourth-order valence-electron chi connectivity index (χ4n) is 3.66. The lowest BCUT2D eigenvalue weighted by atomic mass is 10.1. The highest BCUT2D eigenvalue weighted by Crippen LogP contribution is 2.28. The molecule has 3 aromatic rings. The molecule has 0 bridgehead atoms. The Kier molecular flexibility index (Phi) is 8.47. The molecule has 1 amide bonds. The Morgan fingerprint density at radius 1 is 1.03 bits per heavy atom. The van der Waals surface area contributed by atoms with Crippen molar-refractivity contribution in [2.45, 2.75) is 26.2 Å². The zero-order chi connectivity index (χ0) is 25.2. The van der Waals surface area contributed by atoms with Crippen LogP contribution in [-0.2, 0) is 4.79 Å². The minimum Gasteiger partial charge on any atom is -0.490 e. The molecule has 1 aromatic heterocycles. The van der Waals surface area contributed by atoms with Gasteiger partial charge in [0.05, 0.1) is 12.8 Å². The Bertz CT molecular complexity index is 1180. The number of amides is 1. The Hall–Kier alpha value is -4.41. The number of rotatable bonds is 11. The number of primary amides is 1. The van der Waals surface area contributed by atoms with Gasteiger partial charge in [0.15, 0.2) is 18.1 Å². The van der Waals surface area contributed by atoms with Crippen molar-refractivity contribution in [3.05, 3.63) is 54.1 Å². The number of para-hydroxylation sites is 1. The summed E-state index contributed by atoms with van der Waals surface area (Å²) in [5.74, 6) is 1.73. The minimum absolute atomic E-state index is 0.229. The van der Waals surface area contributed by atoms with E-state index in [9.17, 15) is 4.79 Å². The van der Waals surface area contributed by atoms with Gasteiger partial charge in [0.1, 0.15) is 0 Å². The highest BCUT2D eigenvalue weighted by atomic mass is 16.5. The first kappa shape index (κ1) is 24.7. The van der Waals surface area contributed by atoms with Crippen LogP contribution >= 0.6 is 0 Å². The summed E-state index contributed by atoms with van der Waals surface area (Å²) in [5.41, 5.74) is 9.72. The van der Waals surface area contributed by atoms with E-state index in [1.54, 1.807) is 24.4 Å². The molecule has 0 saturated carbocycles. The standard InChI is InChI=1S/C25H30N8O3/c1-2-35-21-15-18(11-12-20(21)36-17-22(26)34)16-27-32-24-29-23(28-19-9-5-3-6-10-19)30-25(31-24)33-13-7-4-8-14-33/h3,5-6,9-12,15-16H,2,4,7-8,13-14,17H2,1H3,(H2,26,34)(H2,28,29,30,31,32)/b27-16+. The average Bonchev–Trinajstić information content (AvgIpc) is 2.89. The number of ether oxygens (including phenoxy) is 2. The van der Waals surface area contributed by atoms with Gasteiger partial charge in [-0.2, -0.15) is 20.1 Å². The van der Waals surface area contributed by atoms with Crippen LogP contribution in [-0.4, -0.2) is 53.4 Å². The maximum Gasteiger partial charge on any atom is 0.255 e. The zero-order valence-corrected chi connectivity index (χ0v) is 20.2. The van der Waals surface area contributed by atoms with E-state index in [4.69, 9.17) is 15.2 Å². The normalized spacial score (nSPS) is 13.4. The molecule has 1 saturated heterocycles. The van der Waals surface area contributed by atoms with Crippen LogP contribution in [0, 0.1) is 0 Å². The predicted molar refractivity (Wildman–Crippen MR) is 139 cm³/mol. The third kappa shape index (κ3) is 7.05. The molecule has 4 N–H and O–H groups in total. The number of hydrazone groups is 1. The van der Waals surface area contributed by atoms with Gasteiger partial charge >= 0.3 is 0 Å². The summed E-state index contributed by atoms with van der Waals surface area (Å²) in [6, 6.07) is 15.0. The highest BCUT2D eigenvalue weighted by Gasteiger charge is 2.16. The number of nitrogens with zero attached hydrogens (tertiary/aromatic N) is 5. The van der Waals surface area contributed by atoms with E-state index in [1.807, 2.05) is 37.3 Å². The fourth-order valence-corrected chi connectivity index (χ4v) is 3.66. The van der Waals surface area contributed by atoms with Gasteiger partial charge < -0.3 is 25.4 Å². The lowest BCUT2D eigenvalue weighted by Crippen LogP contribution is -2.31. The number of nitrogens with one attached hydrogen (secondary N) is 2. The second kappa shape index (κ2) is 12.3. The molecule has 2 aromatic carbocycles. The molecule has 0 atom stereocenters. The predicted octanol–water partition coefficient (Wildman–Crippen LogP) is 3.31. The van der Waals surface area contributed by atoms with Crippen LogP contribution < -0.4 is 30.8 Å². The number of piperidine rings is 1. The van der Waals surface area contributed by atoms with Gasteiger partial charge in [-0.05, 0) is 62.1 Å². The summed E-state index contributed by atoms with van der Waals surface area (Å²) in [6.45, 7) is 3.88. The van der Waals surface area contributed by atoms with Gasteiger partial charge in [-0.1, -0.05) is 18.2 Å². The molecule has 1 fully saturated rings. The van der Waals surface area contributed by atoms with Crippen molar-refractivity contribution in [2.24, 2.45) is 10.8 Å². The maximum absolute atomic E-state index is 11.0. The van der Waals surface area contributed by atoms with Gasteiger partial charge in [-0.25, -0.2) is 5.43 Å². The van der Waals surface area contributed by atoms with Crippen LogP contribution in [0.15, 0.2) is 53.6 Å². The zero-order valence-electron chi connectivity index (χ0n) is 20.2. The summed E-state index contributed by atoms with van der Waals surface area (Å²) in [6.07, 6.45) is 5.04. The van der Waals surface area contributed by atoms with Crippen molar-refractivity contribution in [2.75, 3.05) is 41.9 Å². The fraction of sp³-hybridized carbons (Fsp3) is 0.320. The van der Waals surface area contributed by atoms with E-state index >= 15 is 0 Å². The molecule has 0 aliphatic carbocycles. The first-order chi connectivity index (χ1) is 17.6. The summed E-state index contributed by atoms with van der Waals surface area (Å²) in [4.78, 5) is 26.9. The molecule has 4 rings (SSSR count). The van der Waals surface area contributed by atoms with Crippen molar-refractivity contribution >= 4 is 35.7 Å². The van der Waals surface area contributed by atoms with E-state index < -0.39 is 5.91 Å². The molecule has 1 aliphatic heterocycles. The number of hydrogen-bond acceptors (Lipinski definition) is 10. The van der Waals surface area contributed by atoms with Crippen LogP contribution in [0.1, 0.15) is 31.7 Å². The van der Waals surface area contributed by atoms with E-state index in [0.29, 0.717) is 36.0 Å². The van der Waals surface area contributed by atoms with E-state index in [-0.39, 0.29) is 6.61 Å². The molecule has 2 heterocycles. The van der Waals surface area contributed by atoms with Crippen LogP contribution in [0.4, 0.5) is 23.5 Å². The van der Waals surface area contributed by atoms with Gasteiger partial charge in [0, 0.05) is 18.8 Å². The number of carbonyl (C=O) groups is 1. The van der Waals surface area contributed by atoms with Crippen molar-refractivity contribution in [3.8, 4) is 11.5 Å². The molecule has 0 unspecified atom stereocenters. The van der Waals surface area contributed by atoms with Gasteiger partial charge in [0.2, 0.25) is 17.8 Å². The lowest BCUT2D eigenvalue weighted by Gasteiger charge is -2.26. The second-order valence-electron chi connectivity index (χ2n) is 8.09. The minimum atomic E-state index is -0.560. The Balaban J connectivity index is 1.52. The van der Waals surface area contributed by atoms with Crippen LogP contribution in [0.5, 0.6) is 11.5 Å². The number of anilines is 4. The molecule has 36 heavy (non-hydrogen) atoms. The lowest BCUT2D eigenvalue weighted by molar-refractivity contribution is -0.119. The molecule has 0 radical (unpaired) electrons. The highest BCUT2D eigenvalue weighted by molar-refractivity contribution is 5.81. The average molecular weight is 491 g/mol. The van der Waals surface area contributed by atoms with E-state index in [0.717, 1.165) is 37.2 Å². The second-order valence-corrected chi connectivity index (χ2v) is 8.09. The summed E-state index contributed by atoms with van der Waals surface area (Å²) in [7, 11) is 0. The topological polar surface area (TPSA) is 140 Å². The van der Waals surface area contributed by atoms with Crippen LogP contribution in [0.25, 0.3) is 0 Å². The number of benzene rings is 2. The molecule has 11 nitrogen and oxygen atoms in total. The largest absolute Gasteiger partial charge is 0.490 e. The van der Waals surface area contributed by atoms with Crippen LogP contribution in [0.3, 0.4) is 0 Å². The number of hydrogen-bond donors (Lipinski definition) is 3. The summed E-state index contributed by atoms with van der Waals surface area (Å²) in [5, 5.41) is 7.54. The SMILES string of the molecule is CCOc1cc(/C=N/Nc2nc(Nc3ccccc3)nc(N3CCCCC3)n2)ccc1OCC(N)=O. The number of nitrogens with two attached hydrogens (primary N) is 1.